The molecule has 2 amide bonds. The maximum atomic E-state index is 14.0. The van der Waals surface area contributed by atoms with Crippen LogP contribution in [0.3, 0.4) is 0 Å². The Hall–Kier alpha value is -3.45. The number of ketones is 4. The number of likely N-dealkylation sites (N-methyl/N-ethyl adjacent to an activating group) is 1. The first-order chi connectivity index (χ1) is 20.6. The Balaban J connectivity index is 1.56. The van der Waals surface area contributed by atoms with E-state index >= 15 is 0 Å². The van der Waals surface area contributed by atoms with Crippen LogP contribution in [-0.2, 0) is 34.7 Å². The molecule has 2 aromatic rings. The van der Waals surface area contributed by atoms with Crippen LogP contribution in [-0.4, -0.2) is 75.8 Å². The molecule has 5 rings (SSSR count). The summed E-state index contributed by atoms with van der Waals surface area (Å²) in [6, 6.07) is 9.09. The van der Waals surface area contributed by atoms with Gasteiger partial charge in [-0.25, -0.2) is 0 Å². The second-order valence-corrected chi connectivity index (χ2v) is 13.6. The molecular formula is C31H31BrClN3O8. The molecule has 2 aromatic carbocycles. The van der Waals surface area contributed by atoms with E-state index < -0.39 is 80.3 Å². The van der Waals surface area contributed by atoms with Crippen molar-refractivity contribution in [1.82, 2.24) is 4.90 Å². The molecule has 0 aromatic heterocycles. The number of phenols is 1. The van der Waals surface area contributed by atoms with Gasteiger partial charge in [-0.2, -0.15) is 0 Å². The summed E-state index contributed by atoms with van der Waals surface area (Å²) in [4.78, 5) is 81.7. The number of anilines is 1. The number of halogens is 2. The summed E-state index contributed by atoms with van der Waals surface area (Å²) in [5.41, 5.74) is 2.97. The molecule has 0 spiro atoms. The molecule has 0 heterocycles. The Kier molecular flexibility index (Phi) is 8.11. The maximum Gasteiger partial charge on any atom is 0.245 e. The number of carbonyl (C=O) groups excluding carboxylic acids is 6. The number of amides is 2. The van der Waals surface area contributed by atoms with Gasteiger partial charge in [0.15, 0.2) is 40.4 Å². The molecule has 7 atom stereocenters. The minimum absolute atomic E-state index is 0.0444. The smallest absolute Gasteiger partial charge is 0.245 e. The van der Waals surface area contributed by atoms with Gasteiger partial charge in [-0.1, -0.05) is 64.8 Å². The summed E-state index contributed by atoms with van der Waals surface area (Å²) < 4.78 is -1.20. The average Bonchev–Trinajstić information content (AvgIpc) is 2.96. The third kappa shape index (κ3) is 4.53. The van der Waals surface area contributed by atoms with E-state index in [2.05, 4.69) is 21.2 Å². The fourth-order valence-electron chi connectivity index (χ4n) is 7.16. The van der Waals surface area contributed by atoms with Crippen LogP contribution in [0.2, 0.25) is 5.02 Å². The molecule has 0 bridgehead atoms. The van der Waals surface area contributed by atoms with Crippen molar-refractivity contribution in [2.75, 3.05) is 19.4 Å². The zero-order chi connectivity index (χ0) is 32.5. The second-order valence-electron chi connectivity index (χ2n) is 11.9. The molecule has 2 fully saturated rings. The largest absolute Gasteiger partial charge is 0.505 e. The number of nitrogens with two attached hydrogens (primary N) is 1. The molecule has 44 heavy (non-hydrogen) atoms. The van der Waals surface area contributed by atoms with E-state index in [-0.39, 0.29) is 29.1 Å². The van der Waals surface area contributed by atoms with Crippen molar-refractivity contribution in [2.45, 2.75) is 42.2 Å². The van der Waals surface area contributed by atoms with E-state index in [1.54, 1.807) is 37.3 Å². The van der Waals surface area contributed by atoms with Gasteiger partial charge in [0.2, 0.25) is 11.8 Å². The lowest BCUT2D eigenvalue weighted by Gasteiger charge is -2.52. The number of aromatic hydroxyl groups is 1. The number of Topliss-reactive ketones (excluding diaryl/α,β-unsaturated/α-hetero) is 4. The Bertz CT molecular complexity index is 1630. The summed E-state index contributed by atoms with van der Waals surface area (Å²) in [5, 5.41) is 25.6. The van der Waals surface area contributed by atoms with Crippen LogP contribution in [0, 0.1) is 23.7 Å². The molecule has 0 aliphatic heterocycles. The van der Waals surface area contributed by atoms with E-state index in [0.29, 0.717) is 17.5 Å². The highest BCUT2D eigenvalue weighted by Crippen LogP contribution is 2.52. The molecule has 0 radical (unpaired) electrons. The molecule has 0 saturated heterocycles. The fourth-order valence-corrected chi connectivity index (χ4v) is 7.79. The number of nitrogens with one attached hydrogen (secondary N) is 1. The quantitative estimate of drug-likeness (QED) is 0.201. The monoisotopic (exact) mass is 687 g/mol. The molecule has 13 heteroatoms. The third-order valence-corrected chi connectivity index (χ3v) is 11.0. The van der Waals surface area contributed by atoms with E-state index in [4.69, 9.17) is 17.3 Å². The first-order valence-electron chi connectivity index (χ1n) is 14.1. The minimum atomic E-state index is -2.83. The van der Waals surface area contributed by atoms with Crippen LogP contribution < -0.4 is 11.1 Å². The van der Waals surface area contributed by atoms with Gasteiger partial charge in [-0.15, -0.1) is 0 Å². The highest BCUT2D eigenvalue weighted by Gasteiger charge is 2.69. The van der Waals surface area contributed by atoms with Gasteiger partial charge in [-0.05, 0) is 56.5 Å². The van der Waals surface area contributed by atoms with Crippen LogP contribution in [0.1, 0.15) is 41.3 Å². The summed E-state index contributed by atoms with van der Waals surface area (Å²) >= 11 is 10.0. The van der Waals surface area contributed by atoms with E-state index in [1.807, 2.05) is 0 Å². The van der Waals surface area contributed by atoms with Crippen LogP contribution in [0.4, 0.5) is 5.69 Å². The Morgan fingerprint density at radius 1 is 1.16 bits per heavy atom. The number of nitrogens with zero attached hydrogens (tertiary/aromatic N) is 1. The zero-order valence-electron chi connectivity index (χ0n) is 24.1. The predicted molar refractivity (Wildman–Crippen MR) is 162 cm³/mol. The highest BCUT2D eigenvalue weighted by atomic mass is 79.9. The topological polar surface area (TPSA) is 184 Å². The Morgan fingerprint density at radius 3 is 2.36 bits per heavy atom. The van der Waals surface area contributed by atoms with Crippen LogP contribution >= 0.6 is 27.5 Å². The van der Waals surface area contributed by atoms with Gasteiger partial charge in [0.05, 0.1) is 22.5 Å². The van der Waals surface area contributed by atoms with Crippen molar-refractivity contribution >= 4 is 68.2 Å². The van der Waals surface area contributed by atoms with Crippen LogP contribution in [0.25, 0.3) is 0 Å². The van der Waals surface area contributed by atoms with Crippen molar-refractivity contribution in [2.24, 2.45) is 29.4 Å². The lowest BCUT2D eigenvalue weighted by Crippen LogP contribution is -2.74. The van der Waals surface area contributed by atoms with Crippen LogP contribution in [0.5, 0.6) is 5.75 Å². The molecule has 3 aliphatic rings. The van der Waals surface area contributed by atoms with Crippen molar-refractivity contribution in [3.8, 4) is 5.75 Å². The first-order valence-corrected chi connectivity index (χ1v) is 15.2. The number of aliphatic hydroxyl groups is 1. The molecule has 5 unspecified atom stereocenters. The summed E-state index contributed by atoms with van der Waals surface area (Å²) in [6.45, 7) is 1.79. The van der Waals surface area contributed by atoms with Crippen molar-refractivity contribution in [3.05, 3.63) is 58.1 Å². The zero-order valence-corrected chi connectivity index (χ0v) is 26.4. The standard InChI is InChI=1S/C31H31BrClN3O8/c1-4-30(32,15-8-6-5-7-9-15)29(43)35-21-17(33)12-14-10-13-11-16-22(36(2)3)25(39)20(28(34)42)27(41)31(16,44)26(40)19(13)23(37)18(14)24(21)38/h5-9,12-13,16,19-20,22,38,44H,4,10-11H2,1-3H3,(H2,34,42)(H,35,43)/t13?,16?,19?,20?,22-,30?,31-/m0/s1. The average molecular weight is 689 g/mol. The van der Waals surface area contributed by atoms with Gasteiger partial charge in [0, 0.05) is 5.92 Å². The number of alkyl halides is 1. The number of phenolic OH excluding ortho intramolecular Hbond substituents is 1. The fraction of sp³-hybridized carbons (Fsp3) is 0.419. The molecular weight excluding hydrogens is 658 g/mol. The number of hydrogen-bond acceptors (Lipinski definition) is 9. The number of carbonyl (C=O) groups is 6. The summed E-state index contributed by atoms with van der Waals surface area (Å²) in [6.07, 6.45) is 0.287. The number of benzene rings is 2. The normalized spacial score (nSPS) is 29.4. The highest BCUT2D eigenvalue weighted by molar-refractivity contribution is 9.10. The van der Waals surface area contributed by atoms with Gasteiger partial charge in [0.1, 0.15) is 10.0 Å². The SMILES string of the molecule is CCC(Br)(C(=O)Nc1c(Cl)cc2c(c1O)C(=O)C1C(=O)[C@]3(O)C(=O)C(C(N)=O)C(=O)[C@@H](N(C)C)C3CC1C2)c1ccccc1. The van der Waals surface area contributed by atoms with E-state index in [9.17, 15) is 39.0 Å². The van der Waals surface area contributed by atoms with Gasteiger partial charge in [-0.3, -0.25) is 33.7 Å². The third-order valence-electron chi connectivity index (χ3n) is 9.32. The van der Waals surface area contributed by atoms with Crippen LogP contribution in [0.15, 0.2) is 36.4 Å². The molecule has 2 saturated carbocycles. The maximum absolute atomic E-state index is 14.0. The van der Waals surface area contributed by atoms with E-state index in [1.165, 1.54) is 25.1 Å². The number of rotatable bonds is 6. The van der Waals surface area contributed by atoms with Crippen molar-refractivity contribution in [3.63, 3.8) is 0 Å². The number of primary amides is 1. The van der Waals surface area contributed by atoms with Crippen molar-refractivity contribution in [1.29, 1.82) is 0 Å². The predicted octanol–water partition coefficient (Wildman–Crippen LogP) is 2.16. The lowest BCUT2D eigenvalue weighted by atomic mass is 9.52. The van der Waals surface area contributed by atoms with E-state index in [0.717, 1.165) is 0 Å². The first kappa shape index (κ1) is 32.0. The van der Waals surface area contributed by atoms with Crippen molar-refractivity contribution < 1.29 is 39.0 Å². The molecule has 5 N–H and O–H groups in total. The molecule has 232 valence electrons. The molecule has 3 aliphatic carbocycles. The number of fused-ring (bicyclic) bond motifs is 3. The Labute approximate surface area is 266 Å². The minimum Gasteiger partial charge on any atom is -0.505 e. The summed E-state index contributed by atoms with van der Waals surface area (Å²) in [7, 11) is 3.03. The Morgan fingerprint density at radius 2 is 1.80 bits per heavy atom. The summed E-state index contributed by atoms with van der Waals surface area (Å²) in [5.74, 6) is -12.3. The number of hydrogen-bond donors (Lipinski definition) is 4. The van der Waals surface area contributed by atoms with Gasteiger partial charge in [0.25, 0.3) is 0 Å². The molecule has 11 nitrogen and oxygen atoms in total. The van der Waals surface area contributed by atoms with Gasteiger partial charge >= 0.3 is 0 Å². The van der Waals surface area contributed by atoms with Gasteiger partial charge < -0.3 is 21.3 Å². The second kappa shape index (κ2) is 11.2. The lowest BCUT2D eigenvalue weighted by molar-refractivity contribution is -0.181.